The summed E-state index contributed by atoms with van der Waals surface area (Å²) in [5, 5.41) is 8.96. The molecule has 0 bridgehead atoms. The van der Waals surface area contributed by atoms with Crippen molar-refractivity contribution in [3.63, 3.8) is 0 Å². The molecule has 1 aliphatic rings. The normalized spacial score (nSPS) is 16.3. The topological polar surface area (TPSA) is 53.7 Å². The van der Waals surface area contributed by atoms with Gasteiger partial charge in [-0.1, -0.05) is 18.2 Å². The smallest absolute Gasteiger partial charge is 0.318 e. The van der Waals surface area contributed by atoms with Crippen LogP contribution in [0.2, 0.25) is 0 Å². The van der Waals surface area contributed by atoms with Crippen LogP contribution < -0.4 is 14.2 Å². The van der Waals surface area contributed by atoms with E-state index in [1.807, 2.05) is 47.3 Å². The summed E-state index contributed by atoms with van der Waals surface area (Å²) in [6.45, 7) is 6.76. The van der Waals surface area contributed by atoms with Crippen molar-refractivity contribution in [2.24, 2.45) is 5.92 Å². The first-order valence-corrected chi connectivity index (χ1v) is 9.52. The van der Waals surface area contributed by atoms with Crippen LogP contribution in [0.15, 0.2) is 48.8 Å². The number of hydrogen-bond acceptors (Lipinski definition) is 4. The van der Waals surface area contributed by atoms with Gasteiger partial charge in [-0.3, -0.25) is 4.79 Å². The lowest BCUT2D eigenvalue weighted by Gasteiger charge is -2.25. The monoisotopic (exact) mass is 367 g/mol. The van der Waals surface area contributed by atoms with Crippen molar-refractivity contribution in [3.8, 4) is 5.75 Å². The number of rotatable bonds is 7. The lowest BCUT2D eigenvalue weighted by atomic mass is 9.94. The number of pyridine rings is 1. The summed E-state index contributed by atoms with van der Waals surface area (Å²) < 4.78 is 7.53. The van der Waals surface area contributed by atoms with Gasteiger partial charge in [0.25, 0.3) is 0 Å². The highest BCUT2D eigenvalue weighted by Crippen LogP contribution is 2.32. The van der Waals surface area contributed by atoms with E-state index in [2.05, 4.69) is 30.9 Å². The highest BCUT2D eigenvalue weighted by atomic mass is 16.5. The number of esters is 1. The van der Waals surface area contributed by atoms with Crippen molar-refractivity contribution in [1.82, 2.24) is 0 Å². The largest absolute Gasteiger partial charge is 0.426 e. The van der Waals surface area contributed by atoms with Gasteiger partial charge < -0.3 is 14.7 Å². The van der Waals surface area contributed by atoms with Gasteiger partial charge in [0.1, 0.15) is 12.4 Å². The van der Waals surface area contributed by atoms with Gasteiger partial charge in [0.05, 0.1) is 5.92 Å². The van der Waals surface area contributed by atoms with Gasteiger partial charge in [0.2, 0.25) is 0 Å². The van der Waals surface area contributed by atoms with E-state index in [9.17, 15) is 4.79 Å². The first kappa shape index (κ1) is 19.1. The van der Waals surface area contributed by atoms with E-state index in [-0.39, 0.29) is 18.5 Å². The van der Waals surface area contributed by atoms with Crippen LogP contribution in [0.4, 0.5) is 5.69 Å². The summed E-state index contributed by atoms with van der Waals surface area (Å²) in [5.41, 5.74) is 3.16. The first-order chi connectivity index (χ1) is 13.1. The van der Waals surface area contributed by atoms with Crippen LogP contribution in [0, 0.1) is 5.92 Å². The second-order valence-electron chi connectivity index (χ2n) is 6.65. The third kappa shape index (κ3) is 4.55. The molecule has 0 aliphatic carbocycles. The number of nitrogens with zero attached hydrogens (tertiary/aromatic N) is 2. The minimum Gasteiger partial charge on any atom is -0.426 e. The molecule has 1 aliphatic heterocycles. The Morgan fingerprint density at radius 2 is 1.96 bits per heavy atom. The third-order valence-electron chi connectivity index (χ3n) is 4.93. The molecule has 0 saturated heterocycles. The number of carbonyl (C=O) groups is 1. The molecule has 1 atom stereocenters. The average Bonchev–Trinajstić information content (AvgIpc) is 2.68. The lowest BCUT2D eigenvalue weighted by Crippen LogP contribution is -2.34. The van der Waals surface area contributed by atoms with E-state index >= 15 is 0 Å². The zero-order valence-electron chi connectivity index (χ0n) is 16.0. The average molecular weight is 367 g/mol. The molecule has 3 rings (SSSR count). The number of carbonyl (C=O) groups excluding carboxylic acids is 1. The summed E-state index contributed by atoms with van der Waals surface area (Å²) in [5.74, 6) is 0.196. The maximum Gasteiger partial charge on any atom is 0.318 e. The van der Waals surface area contributed by atoms with Gasteiger partial charge in [-0.15, -0.1) is 0 Å². The fraction of sp³-hybridized carbons (Fsp3) is 0.364. The quantitative estimate of drug-likeness (QED) is 0.464. The molecular formula is C22H27N2O3+. The van der Waals surface area contributed by atoms with Crippen LogP contribution in [0.3, 0.4) is 0 Å². The van der Waals surface area contributed by atoms with Crippen molar-refractivity contribution in [2.45, 2.75) is 26.8 Å². The van der Waals surface area contributed by atoms with Gasteiger partial charge in [0.15, 0.2) is 18.9 Å². The summed E-state index contributed by atoms with van der Waals surface area (Å²) in [6.07, 6.45) is 8.35. The summed E-state index contributed by atoms with van der Waals surface area (Å²) in [6, 6.07) is 10.1. The third-order valence-corrected chi connectivity index (χ3v) is 4.93. The van der Waals surface area contributed by atoms with Crippen LogP contribution in [0.5, 0.6) is 5.75 Å². The van der Waals surface area contributed by atoms with Gasteiger partial charge in [-0.2, -0.15) is 0 Å². The predicted molar refractivity (Wildman–Crippen MR) is 106 cm³/mol. The molecule has 1 N–H and O–H groups in total. The maximum absolute atomic E-state index is 12.4. The second kappa shape index (κ2) is 8.82. The Kier molecular flexibility index (Phi) is 6.24. The SMILES string of the molecule is CCN(CC)c1ccc2c(c1)OC(=O)C(C=Cc1cc[n+](CCO)cc1)C2. The van der Waals surface area contributed by atoms with E-state index < -0.39 is 0 Å². The molecule has 0 amide bonds. The number of fused-ring (bicyclic) bond motifs is 1. The van der Waals surface area contributed by atoms with Crippen LogP contribution in [-0.4, -0.2) is 30.8 Å². The molecule has 2 aromatic rings. The molecule has 27 heavy (non-hydrogen) atoms. The van der Waals surface area contributed by atoms with Crippen LogP contribution in [0.1, 0.15) is 25.0 Å². The first-order valence-electron chi connectivity index (χ1n) is 9.52. The fourth-order valence-electron chi connectivity index (χ4n) is 3.32. The highest BCUT2D eigenvalue weighted by Gasteiger charge is 2.27. The minimum atomic E-state index is -0.276. The van der Waals surface area contributed by atoms with Crippen LogP contribution in [0.25, 0.3) is 6.08 Å². The number of ether oxygens (including phenoxy) is 1. The standard InChI is InChI=1S/C22H27N2O3/c1-3-24(4-2)20-8-7-18-15-19(22(26)27-21(18)16-20)6-5-17-9-11-23(12-10-17)13-14-25/h5-12,16,19,25H,3-4,13-15H2,1-2H3/q+1. The number of hydrogen-bond donors (Lipinski definition) is 1. The number of anilines is 1. The Morgan fingerprint density at radius 3 is 2.63 bits per heavy atom. The van der Waals surface area contributed by atoms with Gasteiger partial charge in [-0.25, -0.2) is 4.57 Å². The molecule has 5 nitrogen and oxygen atoms in total. The van der Waals surface area contributed by atoms with Crippen LogP contribution >= 0.6 is 0 Å². The van der Waals surface area contributed by atoms with Gasteiger partial charge >= 0.3 is 5.97 Å². The molecule has 1 aromatic heterocycles. The molecular weight excluding hydrogens is 340 g/mol. The number of aromatic nitrogens is 1. The zero-order chi connectivity index (χ0) is 19.2. The number of aliphatic hydroxyl groups is 1. The molecule has 1 unspecified atom stereocenters. The fourth-order valence-corrected chi connectivity index (χ4v) is 3.32. The Morgan fingerprint density at radius 1 is 1.22 bits per heavy atom. The number of aliphatic hydroxyl groups excluding tert-OH is 1. The molecule has 0 fully saturated rings. The summed E-state index contributed by atoms with van der Waals surface area (Å²) in [7, 11) is 0. The van der Waals surface area contributed by atoms with Crippen molar-refractivity contribution < 1.29 is 19.2 Å². The van der Waals surface area contributed by atoms with E-state index in [1.165, 1.54) is 0 Å². The predicted octanol–water partition coefficient (Wildman–Crippen LogP) is 2.60. The van der Waals surface area contributed by atoms with Crippen molar-refractivity contribution >= 4 is 17.7 Å². The molecule has 0 radical (unpaired) electrons. The Hall–Kier alpha value is -2.66. The number of benzene rings is 1. The Labute approximate surface area is 160 Å². The maximum atomic E-state index is 12.4. The molecule has 142 valence electrons. The van der Waals surface area contributed by atoms with E-state index in [0.717, 1.165) is 29.9 Å². The van der Waals surface area contributed by atoms with Crippen molar-refractivity contribution in [1.29, 1.82) is 0 Å². The molecule has 1 aromatic carbocycles. The molecule has 2 heterocycles. The van der Waals surface area contributed by atoms with Crippen molar-refractivity contribution in [2.75, 3.05) is 24.6 Å². The Balaban J connectivity index is 1.72. The van der Waals surface area contributed by atoms with Crippen molar-refractivity contribution in [3.05, 3.63) is 59.9 Å². The molecule has 0 saturated carbocycles. The summed E-state index contributed by atoms with van der Waals surface area (Å²) >= 11 is 0. The highest BCUT2D eigenvalue weighted by molar-refractivity contribution is 5.81. The summed E-state index contributed by atoms with van der Waals surface area (Å²) in [4.78, 5) is 14.7. The molecule has 5 heteroatoms. The second-order valence-corrected chi connectivity index (χ2v) is 6.65. The minimum absolute atomic E-state index is 0.114. The zero-order valence-corrected chi connectivity index (χ0v) is 16.0. The van der Waals surface area contributed by atoms with E-state index in [1.54, 1.807) is 0 Å². The van der Waals surface area contributed by atoms with Crippen LogP contribution in [-0.2, 0) is 17.8 Å². The van der Waals surface area contributed by atoms with E-state index in [4.69, 9.17) is 9.84 Å². The Bertz CT molecular complexity index is 811. The van der Waals surface area contributed by atoms with E-state index in [0.29, 0.717) is 18.7 Å². The van der Waals surface area contributed by atoms with Gasteiger partial charge in [0, 0.05) is 37.0 Å². The molecule has 0 spiro atoms. The lowest BCUT2D eigenvalue weighted by molar-refractivity contribution is -0.698. The van der Waals surface area contributed by atoms with Gasteiger partial charge in [-0.05, 0) is 37.5 Å².